The maximum absolute atomic E-state index is 13.0. The van der Waals surface area contributed by atoms with Gasteiger partial charge in [0.05, 0.1) is 24.7 Å². The summed E-state index contributed by atoms with van der Waals surface area (Å²) in [5.41, 5.74) is 2.28. The van der Waals surface area contributed by atoms with Gasteiger partial charge in [0.25, 0.3) is 11.1 Å². The third-order valence-electron chi connectivity index (χ3n) is 4.62. The number of thioether (sulfide) groups is 1. The van der Waals surface area contributed by atoms with E-state index in [0.717, 1.165) is 22.9 Å². The Hall–Kier alpha value is -2.41. The third-order valence-corrected chi connectivity index (χ3v) is 6.12. The number of carbonyl (C=O) groups is 2. The molecule has 0 saturated carbocycles. The highest BCUT2D eigenvalue weighted by Crippen LogP contribution is 2.38. The lowest BCUT2D eigenvalue weighted by Crippen LogP contribution is -2.27. The molecule has 0 radical (unpaired) electrons. The standard InChI is InChI=1S/C24H23Cl2NO4S/c1-4-7-16-10-15(11-20(30-5-2)22(16)31-6-3)12-21-23(28)27(24(29)32-21)14-17-8-9-18(25)13-19(17)26/h4,8-13H,1,5-7,14H2,2-3H3/b21-12+. The summed E-state index contributed by atoms with van der Waals surface area (Å²) in [6.07, 6.45) is 4.05. The van der Waals surface area contributed by atoms with Crippen LogP contribution in [0, 0.1) is 0 Å². The van der Waals surface area contributed by atoms with Crippen molar-refractivity contribution in [2.45, 2.75) is 26.8 Å². The van der Waals surface area contributed by atoms with Crippen molar-refractivity contribution in [3.05, 3.63) is 74.6 Å². The summed E-state index contributed by atoms with van der Waals surface area (Å²) in [6.45, 7) is 8.65. The van der Waals surface area contributed by atoms with Crippen molar-refractivity contribution < 1.29 is 19.1 Å². The molecule has 0 aliphatic carbocycles. The fourth-order valence-corrected chi connectivity index (χ4v) is 4.56. The predicted molar refractivity (Wildman–Crippen MR) is 131 cm³/mol. The number of nitrogens with zero attached hydrogens (tertiary/aromatic N) is 1. The Kier molecular flexibility index (Phi) is 8.29. The number of rotatable bonds is 9. The predicted octanol–water partition coefficient (Wildman–Crippen LogP) is 6.76. The first-order valence-electron chi connectivity index (χ1n) is 10.1. The zero-order valence-corrected chi connectivity index (χ0v) is 20.1. The van der Waals surface area contributed by atoms with Gasteiger partial charge in [0, 0.05) is 15.6 Å². The van der Waals surface area contributed by atoms with Gasteiger partial charge in [0.1, 0.15) is 0 Å². The molecule has 0 spiro atoms. The summed E-state index contributed by atoms with van der Waals surface area (Å²) in [6, 6.07) is 8.70. The van der Waals surface area contributed by atoms with Gasteiger partial charge in [-0.1, -0.05) is 35.3 Å². The number of carbonyl (C=O) groups excluding carboxylic acids is 2. The summed E-state index contributed by atoms with van der Waals surface area (Å²) >= 11 is 13.0. The Morgan fingerprint density at radius 2 is 1.81 bits per heavy atom. The number of halogens is 2. The van der Waals surface area contributed by atoms with Crippen molar-refractivity contribution >= 4 is 52.2 Å². The monoisotopic (exact) mass is 491 g/mol. The molecule has 1 heterocycles. The van der Waals surface area contributed by atoms with E-state index in [1.54, 1.807) is 30.4 Å². The van der Waals surface area contributed by atoms with Gasteiger partial charge in [-0.2, -0.15) is 0 Å². The molecule has 3 rings (SSSR count). The zero-order valence-electron chi connectivity index (χ0n) is 17.8. The van der Waals surface area contributed by atoms with E-state index < -0.39 is 0 Å². The number of hydrogen-bond donors (Lipinski definition) is 0. The summed E-state index contributed by atoms with van der Waals surface area (Å²) < 4.78 is 11.6. The number of allylic oxidation sites excluding steroid dienone is 1. The highest BCUT2D eigenvalue weighted by Gasteiger charge is 2.35. The van der Waals surface area contributed by atoms with Gasteiger partial charge in [0.2, 0.25) is 0 Å². The minimum atomic E-state index is -0.372. The second-order valence-electron chi connectivity index (χ2n) is 6.87. The number of amides is 2. The van der Waals surface area contributed by atoms with Gasteiger partial charge in [0.15, 0.2) is 11.5 Å². The largest absolute Gasteiger partial charge is 0.490 e. The number of ether oxygens (including phenoxy) is 2. The van der Waals surface area contributed by atoms with Crippen LogP contribution in [0.15, 0.2) is 47.9 Å². The molecule has 1 fully saturated rings. The highest BCUT2D eigenvalue weighted by molar-refractivity contribution is 8.18. The molecule has 0 unspecified atom stereocenters. The molecule has 168 valence electrons. The molecular weight excluding hydrogens is 469 g/mol. The van der Waals surface area contributed by atoms with Crippen molar-refractivity contribution in [1.29, 1.82) is 0 Å². The lowest BCUT2D eigenvalue weighted by Gasteiger charge is -2.16. The van der Waals surface area contributed by atoms with E-state index in [9.17, 15) is 9.59 Å². The molecule has 1 aliphatic heterocycles. The quantitative estimate of drug-likeness (QED) is 0.286. The smallest absolute Gasteiger partial charge is 0.293 e. The van der Waals surface area contributed by atoms with Gasteiger partial charge >= 0.3 is 0 Å². The van der Waals surface area contributed by atoms with Crippen molar-refractivity contribution in [2.75, 3.05) is 13.2 Å². The number of imide groups is 1. The van der Waals surface area contributed by atoms with E-state index in [4.69, 9.17) is 32.7 Å². The Labute approximate surface area is 202 Å². The van der Waals surface area contributed by atoms with Gasteiger partial charge in [-0.25, -0.2) is 0 Å². The van der Waals surface area contributed by atoms with Crippen LogP contribution in [-0.4, -0.2) is 29.3 Å². The van der Waals surface area contributed by atoms with Crippen LogP contribution in [-0.2, 0) is 17.8 Å². The van der Waals surface area contributed by atoms with Gasteiger partial charge < -0.3 is 9.47 Å². The van der Waals surface area contributed by atoms with E-state index in [1.807, 2.05) is 26.0 Å². The molecule has 0 atom stereocenters. The second-order valence-corrected chi connectivity index (χ2v) is 8.71. The van der Waals surface area contributed by atoms with Crippen LogP contribution in [0.5, 0.6) is 11.5 Å². The summed E-state index contributed by atoms with van der Waals surface area (Å²) in [5.74, 6) is 0.882. The lowest BCUT2D eigenvalue weighted by molar-refractivity contribution is -0.123. The van der Waals surface area contributed by atoms with E-state index >= 15 is 0 Å². The Balaban J connectivity index is 1.92. The topological polar surface area (TPSA) is 55.8 Å². The highest BCUT2D eigenvalue weighted by atomic mass is 35.5. The SMILES string of the molecule is C=CCc1cc(/C=C2/SC(=O)N(Cc3ccc(Cl)cc3Cl)C2=O)cc(OCC)c1OCC. The summed E-state index contributed by atoms with van der Waals surface area (Å²) in [5, 5.41) is 0.542. The third kappa shape index (κ3) is 5.49. The summed E-state index contributed by atoms with van der Waals surface area (Å²) in [7, 11) is 0. The van der Waals surface area contributed by atoms with Gasteiger partial charge in [-0.15, -0.1) is 6.58 Å². The van der Waals surface area contributed by atoms with Crippen LogP contribution in [0.25, 0.3) is 6.08 Å². The number of benzene rings is 2. The Morgan fingerprint density at radius 3 is 2.47 bits per heavy atom. The van der Waals surface area contributed by atoms with E-state index in [-0.39, 0.29) is 17.7 Å². The van der Waals surface area contributed by atoms with Crippen LogP contribution in [0.2, 0.25) is 10.0 Å². The Morgan fingerprint density at radius 1 is 1.06 bits per heavy atom. The molecule has 2 aromatic rings. The van der Waals surface area contributed by atoms with Crippen LogP contribution in [0.4, 0.5) is 4.79 Å². The minimum Gasteiger partial charge on any atom is -0.490 e. The van der Waals surface area contributed by atoms with Crippen molar-refractivity contribution in [3.63, 3.8) is 0 Å². The molecule has 0 bridgehead atoms. The maximum atomic E-state index is 13.0. The first kappa shape index (κ1) is 24.2. The Bertz CT molecular complexity index is 1080. The average Bonchev–Trinajstić information content (AvgIpc) is 3.00. The fraction of sp³-hybridized carbons (Fsp3) is 0.250. The lowest BCUT2D eigenvalue weighted by atomic mass is 10.0. The van der Waals surface area contributed by atoms with Crippen LogP contribution in [0.1, 0.15) is 30.5 Å². The minimum absolute atomic E-state index is 0.0766. The van der Waals surface area contributed by atoms with Gasteiger partial charge in [-0.3, -0.25) is 14.5 Å². The maximum Gasteiger partial charge on any atom is 0.293 e. The van der Waals surface area contributed by atoms with Gasteiger partial charge in [-0.05, 0) is 73.5 Å². The van der Waals surface area contributed by atoms with Crippen molar-refractivity contribution in [1.82, 2.24) is 4.90 Å². The van der Waals surface area contributed by atoms with E-state index in [1.165, 1.54) is 4.90 Å². The molecule has 1 saturated heterocycles. The molecule has 1 aliphatic rings. The summed E-state index contributed by atoms with van der Waals surface area (Å²) in [4.78, 5) is 27.0. The molecule has 2 aromatic carbocycles. The first-order valence-corrected chi connectivity index (χ1v) is 11.7. The molecule has 2 amide bonds. The molecule has 8 heteroatoms. The van der Waals surface area contributed by atoms with Crippen molar-refractivity contribution in [3.8, 4) is 11.5 Å². The van der Waals surface area contributed by atoms with Crippen LogP contribution >= 0.6 is 35.0 Å². The molecule has 32 heavy (non-hydrogen) atoms. The average molecular weight is 492 g/mol. The molecule has 0 aromatic heterocycles. The van der Waals surface area contributed by atoms with E-state index in [2.05, 4.69) is 6.58 Å². The molecule has 0 N–H and O–H groups in total. The molecular formula is C24H23Cl2NO4S. The normalized spacial score (nSPS) is 14.9. The second kappa shape index (κ2) is 10.9. The van der Waals surface area contributed by atoms with Crippen LogP contribution < -0.4 is 9.47 Å². The first-order chi connectivity index (χ1) is 15.4. The number of hydrogen-bond acceptors (Lipinski definition) is 5. The zero-order chi connectivity index (χ0) is 23.3. The molecule has 5 nitrogen and oxygen atoms in total. The van der Waals surface area contributed by atoms with Crippen molar-refractivity contribution in [2.24, 2.45) is 0 Å². The van der Waals surface area contributed by atoms with E-state index in [0.29, 0.717) is 51.6 Å². The fourth-order valence-electron chi connectivity index (χ4n) is 3.25. The van der Waals surface area contributed by atoms with Crippen LogP contribution in [0.3, 0.4) is 0 Å².